The summed E-state index contributed by atoms with van der Waals surface area (Å²) < 4.78 is 0. The minimum Gasteiger partial charge on any atom is -0.352 e. The standard InChI is InChI=1S/C21H18ClN3O2/c22-18-9-3-1-6-15(18)12-20(26)24-14-16-7-2-4-10-19(16)25-21(27)17-8-5-11-23-13-17/h1-11,13H,12,14H2,(H,24,26)(H,25,27). The Bertz CT molecular complexity index is 945. The van der Waals surface area contributed by atoms with Crippen molar-refractivity contribution in [2.75, 3.05) is 5.32 Å². The number of nitrogens with one attached hydrogen (secondary N) is 2. The van der Waals surface area contributed by atoms with Crippen LogP contribution in [0.15, 0.2) is 73.1 Å². The molecule has 1 heterocycles. The third-order valence-corrected chi connectivity index (χ3v) is 4.34. The zero-order valence-electron chi connectivity index (χ0n) is 14.5. The van der Waals surface area contributed by atoms with Crippen molar-refractivity contribution < 1.29 is 9.59 Å². The molecule has 0 saturated carbocycles. The highest BCUT2D eigenvalue weighted by molar-refractivity contribution is 6.31. The minimum absolute atomic E-state index is 0.142. The minimum atomic E-state index is -0.252. The van der Waals surface area contributed by atoms with E-state index in [0.29, 0.717) is 22.8 Å². The number of anilines is 1. The van der Waals surface area contributed by atoms with Crippen LogP contribution in [-0.2, 0) is 17.8 Å². The Labute approximate surface area is 162 Å². The van der Waals surface area contributed by atoms with Gasteiger partial charge in [-0.15, -0.1) is 0 Å². The zero-order valence-corrected chi connectivity index (χ0v) is 15.2. The van der Waals surface area contributed by atoms with Gasteiger partial charge >= 0.3 is 0 Å². The average molecular weight is 380 g/mol. The van der Waals surface area contributed by atoms with Crippen LogP contribution in [-0.4, -0.2) is 16.8 Å². The lowest BCUT2D eigenvalue weighted by molar-refractivity contribution is -0.120. The van der Waals surface area contributed by atoms with Crippen LogP contribution < -0.4 is 10.6 Å². The normalized spacial score (nSPS) is 10.3. The van der Waals surface area contributed by atoms with E-state index in [1.165, 1.54) is 6.20 Å². The summed E-state index contributed by atoms with van der Waals surface area (Å²) in [5.74, 6) is -0.394. The van der Waals surface area contributed by atoms with Crippen molar-refractivity contribution in [3.05, 3.63) is 94.8 Å². The molecular formula is C21H18ClN3O2. The molecule has 2 aromatic carbocycles. The molecule has 0 spiro atoms. The van der Waals surface area contributed by atoms with E-state index in [2.05, 4.69) is 15.6 Å². The van der Waals surface area contributed by atoms with Gasteiger partial charge in [-0.05, 0) is 35.4 Å². The molecule has 0 atom stereocenters. The van der Waals surface area contributed by atoms with Gasteiger partial charge in [-0.2, -0.15) is 0 Å². The van der Waals surface area contributed by atoms with Gasteiger partial charge in [0.1, 0.15) is 0 Å². The summed E-state index contributed by atoms with van der Waals surface area (Å²) in [6.07, 6.45) is 3.31. The van der Waals surface area contributed by atoms with E-state index in [4.69, 9.17) is 11.6 Å². The number of hydrogen-bond acceptors (Lipinski definition) is 3. The van der Waals surface area contributed by atoms with Gasteiger partial charge in [0.15, 0.2) is 0 Å². The van der Waals surface area contributed by atoms with Gasteiger partial charge in [0.05, 0.1) is 12.0 Å². The summed E-state index contributed by atoms with van der Waals surface area (Å²) >= 11 is 6.09. The molecule has 2 N–H and O–H groups in total. The summed E-state index contributed by atoms with van der Waals surface area (Å²) in [5.41, 5.74) is 2.69. The predicted molar refractivity (Wildman–Crippen MR) is 106 cm³/mol. The molecular weight excluding hydrogens is 362 g/mol. The summed E-state index contributed by atoms with van der Waals surface area (Å²) in [5, 5.41) is 6.29. The largest absolute Gasteiger partial charge is 0.352 e. The molecule has 27 heavy (non-hydrogen) atoms. The third kappa shape index (κ3) is 5.15. The van der Waals surface area contributed by atoms with Crippen LogP contribution >= 0.6 is 11.6 Å². The van der Waals surface area contributed by atoms with Crippen molar-refractivity contribution in [2.24, 2.45) is 0 Å². The Morgan fingerprint density at radius 2 is 1.67 bits per heavy atom. The number of benzene rings is 2. The molecule has 0 aliphatic carbocycles. The number of aromatic nitrogens is 1. The SMILES string of the molecule is O=C(Cc1ccccc1Cl)NCc1ccccc1NC(=O)c1cccnc1. The first-order valence-electron chi connectivity index (χ1n) is 8.43. The summed E-state index contributed by atoms with van der Waals surface area (Å²) in [4.78, 5) is 28.5. The Morgan fingerprint density at radius 3 is 2.41 bits per heavy atom. The van der Waals surface area contributed by atoms with Crippen LogP contribution in [0.2, 0.25) is 5.02 Å². The summed E-state index contributed by atoms with van der Waals surface area (Å²) in [6, 6.07) is 18.0. The lowest BCUT2D eigenvalue weighted by Crippen LogP contribution is -2.25. The van der Waals surface area contributed by atoms with Crippen LogP contribution in [0.4, 0.5) is 5.69 Å². The molecule has 0 unspecified atom stereocenters. The highest BCUT2D eigenvalue weighted by Gasteiger charge is 2.11. The molecule has 0 aliphatic rings. The smallest absolute Gasteiger partial charge is 0.257 e. The number of hydrogen-bond donors (Lipinski definition) is 2. The summed E-state index contributed by atoms with van der Waals surface area (Å²) in [6.45, 7) is 0.298. The van der Waals surface area contributed by atoms with E-state index >= 15 is 0 Å². The first kappa shape index (κ1) is 18.6. The molecule has 1 aromatic heterocycles. The number of nitrogens with zero attached hydrogens (tertiary/aromatic N) is 1. The molecule has 3 aromatic rings. The Hall–Kier alpha value is -3.18. The lowest BCUT2D eigenvalue weighted by Gasteiger charge is -2.12. The second-order valence-electron chi connectivity index (χ2n) is 5.90. The number of carbonyl (C=O) groups excluding carboxylic acids is 2. The maximum absolute atomic E-state index is 12.3. The van der Waals surface area contributed by atoms with E-state index in [0.717, 1.165) is 11.1 Å². The highest BCUT2D eigenvalue weighted by atomic mass is 35.5. The van der Waals surface area contributed by atoms with Crippen LogP contribution in [0.5, 0.6) is 0 Å². The van der Waals surface area contributed by atoms with Crippen molar-refractivity contribution in [1.82, 2.24) is 10.3 Å². The summed E-state index contributed by atoms with van der Waals surface area (Å²) in [7, 11) is 0. The van der Waals surface area contributed by atoms with Crippen molar-refractivity contribution >= 4 is 29.1 Å². The molecule has 3 rings (SSSR count). The molecule has 0 bridgehead atoms. The van der Waals surface area contributed by atoms with Crippen molar-refractivity contribution in [3.63, 3.8) is 0 Å². The molecule has 0 radical (unpaired) electrons. The molecule has 0 saturated heterocycles. The first-order valence-corrected chi connectivity index (χ1v) is 8.80. The molecule has 2 amide bonds. The third-order valence-electron chi connectivity index (χ3n) is 3.97. The van der Waals surface area contributed by atoms with Crippen LogP contribution in [0.1, 0.15) is 21.5 Å². The van der Waals surface area contributed by atoms with Gasteiger partial charge in [0, 0.05) is 29.6 Å². The number of rotatable bonds is 6. The fraction of sp³-hybridized carbons (Fsp3) is 0.0952. The van der Waals surface area contributed by atoms with Gasteiger partial charge in [-0.1, -0.05) is 48.0 Å². The number of amides is 2. The number of para-hydroxylation sites is 1. The Kier molecular flexibility index (Phi) is 6.18. The highest BCUT2D eigenvalue weighted by Crippen LogP contribution is 2.17. The maximum atomic E-state index is 12.3. The number of carbonyl (C=O) groups is 2. The predicted octanol–water partition coefficient (Wildman–Crippen LogP) is 3.85. The topological polar surface area (TPSA) is 71.1 Å². The van der Waals surface area contributed by atoms with Crippen molar-refractivity contribution in [3.8, 4) is 0 Å². The van der Waals surface area contributed by atoms with Gasteiger partial charge in [-0.3, -0.25) is 14.6 Å². The van der Waals surface area contributed by atoms with E-state index in [9.17, 15) is 9.59 Å². The van der Waals surface area contributed by atoms with Crippen LogP contribution in [0.3, 0.4) is 0 Å². The van der Waals surface area contributed by atoms with Crippen LogP contribution in [0, 0.1) is 0 Å². The lowest BCUT2D eigenvalue weighted by atomic mass is 10.1. The molecule has 0 fully saturated rings. The van der Waals surface area contributed by atoms with E-state index < -0.39 is 0 Å². The van der Waals surface area contributed by atoms with Gasteiger partial charge in [0.2, 0.25) is 5.91 Å². The van der Waals surface area contributed by atoms with Gasteiger partial charge in [-0.25, -0.2) is 0 Å². The molecule has 0 aliphatic heterocycles. The molecule has 5 nitrogen and oxygen atoms in total. The van der Waals surface area contributed by atoms with Gasteiger partial charge in [0.25, 0.3) is 5.91 Å². The van der Waals surface area contributed by atoms with Gasteiger partial charge < -0.3 is 10.6 Å². The Morgan fingerprint density at radius 1 is 0.926 bits per heavy atom. The van der Waals surface area contributed by atoms with Crippen molar-refractivity contribution in [1.29, 1.82) is 0 Å². The zero-order chi connectivity index (χ0) is 19.1. The average Bonchev–Trinajstić information content (AvgIpc) is 2.70. The molecule has 136 valence electrons. The second-order valence-corrected chi connectivity index (χ2v) is 6.31. The quantitative estimate of drug-likeness (QED) is 0.683. The number of pyridine rings is 1. The molecule has 6 heteroatoms. The first-order chi connectivity index (χ1) is 13.1. The second kappa shape index (κ2) is 8.96. The van der Waals surface area contributed by atoms with Crippen LogP contribution in [0.25, 0.3) is 0 Å². The van der Waals surface area contributed by atoms with E-state index in [1.807, 2.05) is 36.4 Å². The van der Waals surface area contributed by atoms with E-state index in [1.54, 1.807) is 30.5 Å². The monoisotopic (exact) mass is 379 g/mol. The fourth-order valence-electron chi connectivity index (χ4n) is 2.56. The maximum Gasteiger partial charge on any atom is 0.257 e. The van der Waals surface area contributed by atoms with E-state index in [-0.39, 0.29) is 18.2 Å². The van der Waals surface area contributed by atoms with Crippen molar-refractivity contribution in [2.45, 2.75) is 13.0 Å². The number of halogens is 1. The Balaban J connectivity index is 1.63. The fourth-order valence-corrected chi connectivity index (χ4v) is 2.76.